The SMILES string of the molecule is CC(C)N1c2noc3cccc(c23)OCC1O. The lowest BCUT2D eigenvalue weighted by Crippen LogP contribution is -2.43. The number of benzene rings is 1. The van der Waals surface area contributed by atoms with Crippen LogP contribution in [0.5, 0.6) is 5.75 Å². The second-order valence-electron chi connectivity index (χ2n) is 4.43. The molecule has 3 rings (SSSR count). The third-order valence-electron chi connectivity index (χ3n) is 2.95. The summed E-state index contributed by atoms with van der Waals surface area (Å²) in [5.41, 5.74) is 0.678. The van der Waals surface area contributed by atoms with Gasteiger partial charge in [0.05, 0.1) is 0 Å². The minimum atomic E-state index is -0.712. The van der Waals surface area contributed by atoms with Crippen molar-refractivity contribution >= 4 is 16.8 Å². The Morgan fingerprint density at radius 1 is 1.47 bits per heavy atom. The fourth-order valence-corrected chi connectivity index (χ4v) is 2.22. The number of rotatable bonds is 1. The number of hydrogen-bond acceptors (Lipinski definition) is 5. The number of ether oxygens (including phenoxy) is 1. The van der Waals surface area contributed by atoms with Gasteiger partial charge in [0.1, 0.15) is 17.7 Å². The predicted molar refractivity (Wildman–Crippen MR) is 63.1 cm³/mol. The Morgan fingerprint density at radius 3 is 3.06 bits per heavy atom. The first-order valence-corrected chi connectivity index (χ1v) is 5.66. The zero-order valence-electron chi connectivity index (χ0n) is 9.75. The van der Waals surface area contributed by atoms with Crippen LogP contribution in [0.15, 0.2) is 22.7 Å². The lowest BCUT2D eigenvalue weighted by Gasteiger charge is -2.29. The minimum absolute atomic E-state index is 0.119. The maximum absolute atomic E-state index is 10.1. The van der Waals surface area contributed by atoms with Crippen molar-refractivity contribution in [3.8, 4) is 5.75 Å². The zero-order chi connectivity index (χ0) is 12.0. The molecule has 1 unspecified atom stereocenters. The molecule has 0 aliphatic carbocycles. The first-order valence-electron chi connectivity index (χ1n) is 5.66. The smallest absolute Gasteiger partial charge is 0.186 e. The molecule has 2 heterocycles. The number of anilines is 1. The highest BCUT2D eigenvalue weighted by Gasteiger charge is 2.29. The molecule has 5 nitrogen and oxygen atoms in total. The predicted octanol–water partition coefficient (Wildman–Crippen LogP) is 1.75. The van der Waals surface area contributed by atoms with Crippen LogP contribution in [0.25, 0.3) is 11.0 Å². The van der Waals surface area contributed by atoms with Crippen LogP contribution in [-0.2, 0) is 0 Å². The van der Waals surface area contributed by atoms with E-state index in [4.69, 9.17) is 9.26 Å². The number of aliphatic hydroxyl groups is 1. The van der Waals surface area contributed by atoms with E-state index in [2.05, 4.69) is 5.16 Å². The molecule has 1 aliphatic rings. The molecule has 1 atom stereocenters. The van der Waals surface area contributed by atoms with Crippen molar-refractivity contribution in [2.75, 3.05) is 11.5 Å². The van der Waals surface area contributed by atoms with Gasteiger partial charge in [-0.05, 0) is 26.0 Å². The van der Waals surface area contributed by atoms with Crippen LogP contribution in [0.2, 0.25) is 0 Å². The van der Waals surface area contributed by atoms with E-state index in [-0.39, 0.29) is 12.6 Å². The molecule has 1 N–H and O–H groups in total. The summed E-state index contributed by atoms with van der Waals surface area (Å²) in [7, 11) is 0. The maximum Gasteiger partial charge on any atom is 0.186 e. The van der Waals surface area contributed by atoms with Gasteiger partial charge in [-0.15, -0.1) is 0 Å². The molecule has 1 aromatic heterocycles. The van der Waals surface area contributed by atoms with E-state index in [0.717, 1.165) is 5.39 Å². The van der Waals surface area contributed by atoms with Gasteiger partial charge >= 0.3 is 0 Å². The van der Waals surface area contributed by atoms with E-state index in [9.17, 15) is 5.11 Å². The fraction of sp³-hybridized carbons (Fsp3) is 0.417. The fourth-order valence-electron chi connectivity index (χ4n) is 2.22. The summed E-state index contributed by atoms with van der Waals surface area (Å²) < 4.78 is 10.8. The number of nitrogens with zero attached hydrogens (tertiary/aromatic N) is 2. The minimum Gasteiger partial charge on any atom is -0.488 e. The summed E-state index contributed by atoms with van der Waals surface area (Å²) in [6.45, 7) is 4.23. The lowest BCUT2D eigenvalue weighted by atomic mass is 10.2. The third kappa shape index (κ3) is 1.46. The largest absolute Gasteiger partial charge is 0.488 e. The lowest BCUT2D eigenvalue weighted by molar-refractivity contribution is 0.101. The van der Waals surface area contributed by atoms with Gasteiger partial charge in [-0.2, -0.15) is 0 Å². The Labute approximate surface area is 98.6 Å². The van der Waals surface area contributed by atoms with Gasteiger partial charge in [0.15, 0.2) is 17.6 Å². The van der Waals surface area contributed by atoms with E-state index < -0.39 is 6.23 Å². The molecular weight excluding hydrogens is 220 g/mol. The van der Waals surface area contributed by atoms with Gasteiger partial charge in [0.25, 0.3) is 0 Å². The molecule has 5 heteroatoms. The Hall–Kier alpha value is -1.75. The van der Waals surface area contributed by atoms with Crippen LogP contribution in [0.1, 0.15) is 13.8 Å². The van der Waals surface area contributed by atoms with Gasteiger partial charge in [-0.25, -0.2) is 0 Å². The average molecular weight is 234 g/mol. The van der Waals surface area contributed by atoms with Crippen molar-refractivity contribution in [1.29, 1.82) is 0 Å². The highest BCUT2D eigenvalue weighted by molar-refractivity contribution is 5.94. The highest BCUT2D eigenvalue weighted by atomic mass is 16.5. The first kappa shape index (κ1) is 10.4. The molecule has 0 saturated carbocycles. The second kappa shape index (κ2) is 3.63. The number of aliphatic hydroxyl groups excluding tert-OH is 1. The quantitative estimate of drug-likeness (QED) is 0.814. The highest BCUT2D eigenvalue weighted by Crippen LogP contribution is 2.37. The molecule has 0 amide bonds. The standard InChI is InChI=1S/C12H14N2O3/c1-7(2)14-10(15)6-16-8-4-3-5-9-11(8)12(14)13-17-9/h3-5,7,10,15H,6H2,1-2H3. The normalized spacial score (nSPS) is 19.5. The van der Waals surface area contributed by atoms with E-state index in [0.29, 0.717) is 17.2 Å². The summed E-state index contributed by atoms with van der Waals surface area (Å²) in [6.07, 6.45) is -0.712. The summed E-state index contributed by atoms with van der Waals surface area (Å²) >= 11 is 0. The molecule has 2 aromatic rings. The molecule has 0 saturated heterocycles. The molecule has 17 heavy (non-hydrogen) atoms. The van der Waals surface area contributed by atoms with Crippen molar-refractivity contribution < 1.29 is 14.4 Å². The molecule has 1 aliphatic heterocycles. The van der Waals surface area contributed by atoms with Crippen molar-refractivity contribution in [2.24, 2.45) is 0 Å². The molecule has 1 aromatic carbocycles. The third-order valence-corrected chi connectivity index (χ3v) is 2.95. The Balaban J connectivity index is 2.26. The first-order chi connectivity index (χ1) is 8.18. The number of hydrogen-bond donors (Lipinski definition) is 1. The van der Waals surface area contributed by atoms with Crippen LogP contribution in [0.3, 0.4) is 0 Å². The van der Waals surface area contributed by atoms with Crippen LogP contribution >= 0.6 is 0 Å². The van der Waals surface area contributed by atoms with Crippen molar-refractivity contribution in [2.45, 2.75) is 26.1 Å². The second-order valence-corrected chi connectivity index (χ2v) is 4.43. The molecule has 0 fully saturated rings. The van der Waals surface area contributed by atoms with Crippen molar-refractivity contribution in [3.63, 3.8) is 0 Å². The van der Waals surface area contributed by atoms with Crippen molar-refractivity contribution in [1.82, 2.24) is 5.16 Å². The monoisotopic (exact) mass is 234 g/mol. The zero-order valence-corrected chi connectivity index (χ0v) is 9.75. The average Bonchev–Trinajstić information content (AvgIpc) is 2.64. The van der Waals surface area contributed by atoms with Crippen LogP contribution in [0, 0.1) is 0 Å². The Morgan fingerprint density at radius 2 is 2.29 bits per heavy atom. The van der Waals surface area contributed by atoms with E-state index in [1.165, 1.54) is 0 Å². The van der Waals surface area contributed by atoms with Gasteiger partial charge < -0.3 is 19.3 Å². The Bertz CT molecular complexity index is 550. The van der Waals surface area contributed by atoms with Crippen LogP contribution < -0.4 is 9.64 Å². The molecule has 0 spiro atoms. The van der Waals surface area contributed by atoms with Gasteiger partial charge in [-0.3, -0.25) is 0 Å². The van der Waals surface area contributed by atoms with Crippen molar-refractivity contribution in [3.05, 3.63) is 18.2 Å². The molecule has 90 valence electrons. The van der Waals surface area contributed by atoms with Crippen LogP contribution in [-0.4, -0.2) is 29.1 Å². The summed E-state index contributed by atoms with van der Waals surface area (Å²) in [4.78, 5) is 1.81. The number of aromatic nitrogens is 1. The van der Waals surface area contributed by atoms with Gasteiger partial charge in [0, 0.05) is 6.04 Å². The molecule has 0 bridgehead atoms. The topological polar surface area (TPSA) is 58.7 Å². The molecule has 0 radical (unpaired) electrons. The van der Waals surface area contributed by atoms with E-state index in [1.54, 1.807) is 0 Å². The Kier molecular flexibility index (Phi) is 2.22. The molecular formula is C12H14N2O3. The van der Waals surface area contributed by atoms with E-state index in [1.807, 2.05) is 36.9 Å². The van der Waals surface area contributed by atoms with E-state index >= 15 is 0 Å². The van der Waals surface area contributed by atoms with Gasteiger partial charge in [0.2, 0.25) is 0 Å². The summed E-state index contributed by atoms with van der Waals surface area (Å²) in [5, 5.41) is 15.0. The van der Waals surface area contributed by atoms with Crippen LogP contribution in [0.4, 0.5) is 5.82 Å². The van der Waals surface area contributed by atoms with Gasteiger partial charge in [-0.1, -0.05) is 11.2 Å². The summed E-state index contributed by atoms with van der Waals surface area (Å²) in [6, 6.07) is 5.67. The summed E-state index contributed by atoms with van der Waals surface area (Å²) in [5.74, 6) is 1.36. The maximum atomic E-state index is 10.1.